The van der Waals surface area contributed by atoms with Crippen molar-refractivity contribution >= 4 is 27.3 Å². The third kappa shape index (κ3) is 0.883. The fourth-order valence-electron chi connectivity index (χ4n) is 0.871. The maximum absolute atomic E-state index is 5.61. The molecule has 0 aliphatic heterocycles. The van der Waals surface area contributed by atoms with Gasteiger partial charge < -0.3 is 5.73 Å². The minimum absolute atomic E-state index is 0.656. The number of nitrogen functional groups attached to an aromatic ring is 1. The maximum atomic E-state index is 5.61. The number of nitrogens with two attached hydrogens (primary N) is 1. The van der Waals surface area contributed by atoms with Gasteiger partial charge in [-0.1, -0.05) is 0 Å². The molecule has 2 aromatic heterocycles. The molecule has 0 atom stereocenters. The lowest BCUT2D eigenvalue weighted by Crippen LogP contribution is -1.95. The van der Waals surface area contributed by atoms with Crippen molar-refractivity contribution in [3.63, 3.8) is 0 Å². The number of hydrogen-bond acceptors (Lipinski definition) is 3. The van der Waals surface area contributed by atoms with Crippen molar-refractivity contribution in [1.82, 2.24) is 14.6 Å². The molecule has 0 aliphatic carbocycles. The Kier molecular flexibility index (Phi) is 1.32. The summed E-state index contributed by atoms with van der Waals surface area (Å²) in [5.41, 5.74) is 7.05. The van der Waals surface area contributed by atoms with E-state index in [4.69, 9.17) is 5.73 Å². The van der Waals surface area contributed by atoms with Crippen LogP contribution >= 0.6 is 15.9 Å². The Bertz CT molecular complexity index is 394. The highest BCUT2D eigenvalue weighted by atomic mass is 79.9. The van der Waals surface area contributed by atoms with Crippen molar-refractivity contribution in [2.75, 3.05) is 5.73 Å². The SMILES string of the molecule is Nc1ccc2ncnn2c1Br. The zero-order valence-electron chi connectivity index (χ0n) is 5.53. The van der Waals surface area contributed by atoms with E-state index in [2.05, 4.69) is 26.0 Å². The Labute approximate surface area is 71.2 Å². The lowest BCUT2D eigenvalue weighted by atomic mass is 10.4. The Morgan fingerprint density at radius 1 is 1.45 bits per heavy atom. The summed E-state index contributed by atoms with van der Waals surface area (Å²) in [5.74, 6) is 0. The van der Waals surface area contributed by atoms with Crippen molar-refractivity contribution in [3.8, 4) is 0 Å². The molecular weight excluding hydrogens is 208 g/mol. The molecule has 2 N–H and O–H groups in total. The van der Waals surface area contributed by atoms with Gasteiger partial charge in [-0.15, -0.1) is 0 Å². The van der Waals surface area contributed by atoms with E-state index in [0.29, 0.717) is 5.69 Å². The first-order chi connectivity index (χ1) is 5.29. The van der Waals surface area contributed by atoms with E-state index < -0.39 is 0 Å². The maximum Gasteiger partial charge on any atom is 0.156 e. The highest BCUT2D eigenvalue weighted by Crippen LogP contribution is 2.18. The summed E-state index contributed by atoms with van der Waals surface area (Å²) >= 11 is 3.30. The highest BCUT2D eigenvalue weighted by molar-refractivity contribution is 9.10. The molecule has 2 heterocycles. The van der Waals surface area contributed by atoms with Gasteiger partial charge >= 0.3 is 0 Å². The zero-order chi connectivity index (χ0) is 7.84. The van der Waals surface area contributed by atoms with Crippen molar-refractivity contribution in [2.24, 2.45) is 0 Å². The van der Waals surface area contributed by atoms with E-state index >= 15 is 0 Å². The van der Waals surface area contributed by atoms with Gasteiger partial charge in [0.05, 0.1) is 5.69 Å². The monoisotopic (exact) mass is 212 g/mol. The van der Waals surface area contributed by atoms with E-state index in [1.807, 2.05) is 6.07 Å². The first-order valence-electron chi connectivity index (χ1n) is 3.03. The van der Waals surface area contributed by atoms with Gasteiger partial charge in [0.2, 0.25) is 0 Å². The summed E-state index contributed by atoms with van der Waals surface area (Å²) in [7, 11) is 0. The Morgan fingerprint density at radius 2 is 2.27 bits per heavy atom. The molecule has 0 saturated carbocycles. The molecule has 11 heavy (non-hydrogen) atoms. The number of aromatic nitrogens is 3. The summed E-state index contributed by atoms with van der Waals surface area (Å²) in [6.07, 6.45) is 1.49. The third-order valence-electron chi connectivity index (χ3n) is 1.41. The molecule has 0 radical (unpaired) electrons. The molecule has 0 amide bonds. The lowest BCUT2D eigenvalue weighted by Gasteiger charge is -1.98. The second-order valence-electron chi connectivity index (χ2n) is 2.11. The molecule has 0 aliphatic rings. The van der Waals surface area contributed by atoms with E-state index in [1.165, 1.54) is 6.33 Å². The smallest absolute Gasteiger partial charge is 0.156 e. The van der Waals surface area contributed by atoms with E-state index in [1.54, 1.807) is 10.6 Å². The molecule has 0 saturated heterocycles. The summed E-state index contributed by atoms with van der Waals surface area (Å²) in [4.78, 5) is 3.99. The second-order valence-corrected chi connectivity index (χ2v) is 2.86. The van der Waals surface area contributed by atoms with Crippen LogP contribution in [-0.4, -0.2) is 14.6 Å². The molecule has 0 bridgehead atoms. The van der Waals surface area contributed by atoms with E-state index in [0.717, 1.165) is 10.3 Å². The molecule has 0 spiro atoms. The number of anilines is 1. The van der Waals surface area contributed by atoms with Gasteiger partial charge in [-0.3, -0.25) is 0 Å². The first kappa shape index (κ1) is 6.60. The topological polar surface area (TPSA) is 56.2 Å². The summed E-state index contributed by atoms with van der Waals surface area (Å²) in [6.45, 7) is 0. The van der Waals surface area contributed by atoms with Crippen LogP contribution in [0.3, 0.4) is 0 Å². The predicted molar refractivity (Wildman–Crippen MR) is 45.1 cm³/mol. The largest absolute Gasteiger partial charge is 0.397 e. The highest BCUT2D eigenvalue weighted by Gasteiger charge is 2.01. The van der Waals surface area contributed by atoms with Gasteiger partial charge in [0.15, 0.2) is 5.65 Å². The van der Waals surface area contributed by atoms with Crippen molar-refractivity contribution in [3.05, 3.63) is 23.1 Å². The van der Waals surface area contributed by atoms with Gasteiger partial charge in [0, 0.05) is 0 Å². The third-order valence-corrected chi connectivity index (χ3v) is 2.20. The molecule has 0 aromatic carbocycles. The fraction of sp³-hybridized carbons (Fsp3) is 0. The van der Waals surface area contributed by atoms with Gasteiger partial charge in [-0.25, -0.2) is 9.50 Å². The van der Waals surface area contributed by atoms with Crippen molar-refractivity contribution < 1.29 is 0 Å². The molecule has 56 valence electrons. The van der Waals surface area contributed by atoms with Gasteiger partial charge in [-0.2, -0.15) is 5.10 Å². The van der Waals surface area contributed by atoms with Crippen LogP contribution in [0.25, 0.3) is 5.65 Å². The Morgan fingerprint density at radius 3 is 3.09 bits per heavy atom. The lowest BCUT2D eigenvalue weighted by molar-refractivity contribution is 0.938. The minimum Gasteiger partial charge on any atom is -0.397 e. The standard InChI is InChI=1S/C6H5BrN4/c7-6-4(8)1-2-5-9-3-10-11(5)6/h1-3H,8H2. The fourth-order valence-corrected chi connectivity index (χ4v) is 1.28. The van der Waals surface area contributed by atoms with Crippen LogP contribution in [0.1, 0.15) is 0 Å². The zero-order valence-corrected chi connectivity index (χ0v) is 7.12. The summed E-state index contributed by atoms with van der Waals surface area (Å²) < 4.78 is 2.38. The van der Waals surface area contributed by atoms with Crippen LogP contribution in [0, 0.1) is 0 Å². The van der Waals surface area contributed by atoms with Crippen LogP contribution in [0.15, 0.2) is 23.1 Å². The molecule has 0 unspecified atom stereocenters. The van der Waals surface area contributed by atoms with Crippen LogP contribution in [-0.2, 0) is 0 Å². The quantitative estimate of drug-likeness (QED) is 0.666. The summed E-state index contributed by atoms with van der Waals surface area (Å²) in [5, 5.41) is 3.96. The molecule has 0 fully saturated rings. The number of nitrogens with zero attached hydrogens (tertiary/aromatic N) is 3. The minimum atomic E-state index is 0.656. The second kappa shape index (κ2) is 2.20. The van der Waals surface area contributed by atoms with Gasteiger partial charge in [0.25, 0.3) is 0 Å². The van der Waals surface area contributed by atoms with Crippen LogP contribution < -0.4 is 5.73 Å². The van der Waals surface area contributed by atoms with Gasteiger partial charge in [0.1, 0.15) is 10.9 Å². The predicted octanol–water partition coefficient (Wildman–Crippen LogP) is 1.07. The number of pyridine rings is 1. The van der Waals surface area contributed by atoms with Crippen LogP contribution in [0.2, 0.25) is 0 Å². The van der Waals surface area contributed by atoms with Gasteiger partial charge in [-0.05, 0) is 28.1 Å². The number of hydrogen-bond donors (Lipinski definition) is 1. The number of rotatable bonds is 0. The Hall–Kier alpha value is -1.10. The Balaban J connectivity index is 2.93. The molecular formula is C6H5BrN4. The molecule has 2 aromatic rings. The van der Waals surface area contributed by atoms with Crippen molar-refractivity contribution in [1.29, 1.82) is 0 Å². The van der Waals surface area contributed by atoms with Crippen LogP contribution in [0.4, 0.5) is 5.69 Å². The molecule has 4 nitrogen and oxygen atoms in total. The van der Waals surface area contributed by atoms with Crippen LogP contribution in [0.5, 0.6) is 0 Å². The molecule has 2 rings (SSSR count). The van der Waals surface area contributed by atoms with Crippen molar-refractivity contribution in [2.45, 2.75) is 0 Å². The normalized spacial score (nSPS) is 10.6. The van der Waals surface area contributed by atoms with E-state index in [9.17, 15) is 0 Å². The van der Waals surface area contributed by atoms with E-state index in [-0.39, 0.29) is 0 Å². The average Bonchev–Trinajstić information content (AvgIpc) is 2.45. The number of halogens is 1. The summed E-state index contributed by atoms with van der Waals surface area (Å²) in [6, 6.07) is 3.60. The first-order valence-corrected chi connectivity index (χ1v) is 3.82. The number of fused-ring (bicyclic) bond motifs is 1. The molecule has 5 heteroatoms. The average molecular weight is 213 g/mol.